The van der Waals surface area contributed by atoms with Gasteiger partial charge in [0, 0.05) is 11.0 Å². The molecule has 0 bridgehead atoms. The van der Waals surface area contributed by atoms with Gasteiger partial charge in [-0.3, -0.25) is 10.4 Å². The van der Waals surface area contributed by atoms with Crippen molar-refractivity contribution in [1.29, 1.82) is 0 Å². The topological polar surface area (TPSA) is 53.6 Å². The molecule has 0 aliphatic rings. The Kier molecular flexibility index (Phi) is 4.06. The molecule has 2 N–H and O–H groups in total. The molecule has 88 valence electrons. The van der Waals surface area contributed by atoms with Gasteiger partial charge in [0.05, 0.1) is 6.04 Å². The third-order valence-corrected chi connectivity index (χ3v) is 2.62. The number of aromatic amines is 1. The van der Waals surface area contributed by atoms with E-state index in [2.05, 4.69) is 55.1 Å². The molecule has 5 heteroatoms. The number of halogens is 1. The maximum absolute atomic E-state index is 4.20. The summed E-state index contributed by atoms with van der Waals surface area (Å²) in [5.41, 5.74) is 1.14. The van der Waals surface area contributed by atoms with Crippen molar-refractivity contribution in [2.24, 2.45) is 0 Å². The molecular formula is C12H13BrN4. The third kappa shape index (κ3) is 3.25. The van der Waals surface area contributed by atoms with Crippen molar-refractivity contribution in [3.05, 3.63) is 59.1 Å². The van der Waals surface area contributed by atoms with E-state index in [0.717, 1.165) is 15.9 Å². The minimum Gasteiger partial charge on any atom is -0.299 e. The molecule has 2 rings (SSSR count). The number of aromatic nitrogens is 3. The fourth-order valence-electron chi connectivity index (χ4n) is 1.58. The minimum atomic E-state index is -0.00648. The summed E-state index contributed by atoms with van der Waals surface area (Å²) >= 11 is 3.34. The highest BCUT2D eigenvalue weighted by Crippen LogP contribution is 2.18. The molecule has 0 amide bonds. The molecular weight excluding hydrogens is 280 g/mol. The van der Waals surface area contributed by atoms with Crippen molar-refractivity contribution in [3.63, 3.8) is 0 Å². The fraction of sp³-hybridized carbons (Fsp3) is 0.167. The molecule has 1 aromatic carbocycles. The average molecular weight is 293 g/mol. The van der Waals surface area contributed by atoms with Gasteiger partial charge in [-0.2, -0.15) is 5.10 Å². The molecule has 0 aliphatic carbocycles. The zero-order chi connectivity index (χ0) is 12.1. The van der Waals surface area contributed by atoms with Crippen LogP contribution in [0.25, 0.3) is 0 Å². The van der Waals surface area contributed by atoms with Gasteiger partial charge in [0.2, 0.25) is 0 Å². The molecule has 0 fully saturated rings. The first-order valence-electron chi connectivity index (χ1n) is 5.24. The van der Waals surface area contributed by atoms with Crippen molar-refractivity contribution >= 4 is 15.9 Å². The van der Waals surface area contributed by atoms with E-state index in [9.17, 15) is 0 Å². The van der Waals surface area contributed by atoms with Crippen LogP contribution in [-0.4, -0.2) is 21.7 Å². The summed E-state index contributed by atoms with van der Waals surface area (Å²) in [4.78, 5) is 4.20. The quantitative estimate of drug-likeness (QED) is 0.890. The Morgan fingerprint density at radius 1 is 1.41 bits per heavy atom. The molecule has 1 aromatic heterocycles. The Morgan fingerprint density at radius 3 is 2.76 bits per heavy atom. The number of hydrogen-bond acceptors (Lipinski definition) is 3. The van der Waals surface area contributed by atoms with Gasteiger partial charge < -0.3 is 0 Å². The average Bonchev–Trinajstić information content (AvgIpc) is 2.84. The largest absolute Gasteiger partial charge is 0.299 e. The monoisotopic (exact) mass is 292 g/mol. The Hall–Kier alpha value is -1.46. The van der Waals surface area contributed by atoms with E-state index < -0.39 is 0 Å². The van der Waals surface area contributed by atoms with Crippen LogP contribution in [0.5, 0.6) is 0 Å². The molecule has 0 aliphatic heterocycles. The maximum atomic E-state index is 4.20. The molecule has 1 atom stereocenters. The smallest absolute Gasteiger partial charge is 0.145 e. The van der Waals surface area contributed by atoms with Gasteiger partial charge in [-0.25, -0.2) is 4.98 Å². The van der Waals surface area contributed by atoms with Crippen LogP contribution >= 0.6 is 15.9 Å². The van der Waals surface area contributed by atoms with E-state index >= 15 is 0 Å². The third-order valence-electron chi connectivity index (χ3n) is 2.34. The number of hydrogen-bond donors (Lipinski definition) is 2. The van der Waals surface area contributed by atoms with Crippen molar-refractivity contribution in [2.75, 3.05) is 6.54 Å². The first-order chi connectivity index (χ1) is 8.27. The lowest BCUT2D eigenvalue weighted by Gasteiger charge is -2.16. The van der Waals surface area contributed by atoms with Crippen LogP contribution in [0, 0.1) is 0 Å². The van der Waals surface area contributed by atoms with E-state index in [0.29, 0.717) is 6.54 Å². The van der Waals surface area contributed by atoms with Gasteiger partial charge >= 0.3 is 0 Å². The molecule has 0 saturated carbocycles. The summed E-state index contributed by atoms with van der Waals surface area (Å²) in [6, 6.07) is 10.1. The summed E-state index contributed by atoms with van der Waals surface area (Å²) < 4.78 is 0.901. The molecule has 0 spiro atoms. The Balaban J connectivity index is 2.22. The summed E-state index contributed by atoms with van der Waals surface area (Å²) in [7, 11) is 0. The molecule has 17 heavy (non-hydrogen) atoms. The lowest BCUT2D eigenvalue weighted by Crippen LogP contribution is -2.24. The minimum absolute atomic E-state index is 0.00648. The normalized spacial score (nSPS) is 12.3. The van der Waals surface area contributed by atoms with E-state index in [1.807, 2.05) is 18.2 Å². The molecule has 0 saturated heterocycles. The van der Waals surface area contributed by atoms with Crippen LogP contribution in [0.4, 0.5) is 0 Å². The van der Waals surface area contributed by atoms with Crippen molar-refractivity contribution < 1.29 is 0 Å². The standard InChI is InChI=1S/C12H13BrN4/c1-9(13)7-14-11(12-15-8-16-17-12)10-5-3-2-4-6-10/h2-6,8,11,14H,1,7H2,(H,15,16,17)/t11-/m1/s1. The van der Waals surface area contributed by atoms with Gasteiger partial charge in [-0.15, -0.1) is 0 Å². The van der Waals surface area contributed by atoms with Gasteiger partial charge in [-0.05, 0) is 5.56 Å². The van der Waals surface area contributed by atoms with E-state index in [4.69, 9.17) is 0 Å². The van der Waals surface area contributed by atoms with Crippen molar-refractivity contribution in [2.45, 2.75) is 6.04 Å². The summed E-state index contributed by atoms with van der Waals surface area (Å²) in [5.74, 6) is 0.796. The van der Waals surface area contributed by atoms with E-state index in [1.165, 1.54) is 6.33 Å². The zero-order valence-electron chi connectivity index (χ0n) is 9.23. The molecule has 0 radical (unpaired) electrons. The van der Waals surface area contributed by atoms with Crippen LogP contribution in [0.15, 0.2) is 47.7 Å². The summed E-state index contributed by atoms with van der Waals surface area (Å²) in [6.07, 6.45) is 1.51. The first kappa shape index (κ1) is 12.0. The van der Waals surface area contributed by atoms with E-state index in [1.54, 1.807) is 0 Å². The lowest BCUT2D eigenvalue weighted by atomic mass is 10.1. The SMILES string of the molecule is C=C(Br)CN[C@H](c1ccccc1)c1ncn[nH]1. The van der Waals surface area contributed by atoms with Gasteiger partial charge in [-0.1, -0.05) is 52.8 Å². The van der Waals surface area contributed by atoms with Crippen LogP contribution in [-0.2, 0) is 0 Å². The number of nitrogens with zero attached hydrogens (tertiary/aromatic N) is 2. The Bertz CT molecular complexity index is 467. The highest BCUT2D eigenvalue weighted by atomic mass is 79.9. The summed E-state index contributed by atoms with van der Waals surface area (Å²) in [6.45, 7) is 4.48. The predicted molar refractivity (Wildman–Crippen MR) is 70.7 cm³/mol. The Labute approximate surface area is 108 Å². The van der Waals surface area contributed by atoms with Gasteiger partial charge in [0.15, 0.2) is 0 Å². The lowest BCUT2D eigenvalue weighted by molar-refractivity contribution is 0.616. The molecule has 1 heterocycles. The van der Waals surface area contributed by atoms with Crippen molar-refractivity contribution in [1.82, 2.24) is 20.5 Å². The summed E-state index contributed by atoms with van der Waals surface area (Å²) in [5, 5.41) is 10.1. The van der Waals surface area contributed by atoms with Gasteiger partial charge in [0.25, 0.3) is 0 Å². The highest BCUT2D eigenvalue weighted by molar-refractivity contribution is 9.11. The number of nitrogens with one attached hydrogen (secondary N) is 2. The maximum Gasteiger partial charge on any atom is 0.145 e. The second-order valence-corrected chi connectivity index (χ2v) is 4.73. The molecule has 4 nitrogen and oxygen atoms in total. The number of H-pyrrole nitrogens is 1. The second kappa shape index (κ2) is 5.75. The number of benzene rings is 1. The van der Waals surface area contributed by atoms with Crippen LogP contribution in [0.3, 0.4) is 0 Å². The molecule has 2 aromatic rings. The molecule has 0 unspecified atom stereocenters. The van der Waals surface area contributed by atoms with E-state index in [-0.39, 0.29) is 6.04 Å². The van der Waals surface area contributed by atoms with Crippen molar-refractivity contribution in [3.8, 4) is 0 Å². The number of rotatable bonds is 5. The van der Waals surface area contributed by atoms with Crippen LogP contribution in [0.1, 0.15) is 17.4 Å². The zero-order valence-corrected chi connectivity index (χ0v) is 10.8. The predicted octanol–water partition coefficient (Wildman–Crippen LogP) is 2.39. The highest BCUT2D eigenvalue weighted by Gasteiger charge is 2.15. The van der Waals surface area contributed by atoms with Gasteiger partial charge in [0.1, 0.15) is 12.2 Å². The first-order valence-corrected chi connectivity index (χ1v) is 6.03. The van der Waals surface area contributed by atoms with Crippen LogP contribution in [0.2, 0.25) is 0 Å². The Morgan fingerprint density at radius 2 is 2.18 bits per heavy atom. The van der Waals surface area contributed by atoms with Crippen LogP contribution < -0.4 is 5.32 Å². The fourth-order valence-corrected chi connectivity index (χ4v) is 1.75. The second-order valence-electron chi connectivity index (χ2n) is 3.61.